The van der Waals surface area contributed by atoms with Gasteiger partial charge in [0.2, 0.25) is 0 Å². The van der Waals surface area contributed by atoms with Crippen LogP contribution in [-0.4, -0.2) is 16.2 Å². The van der Waals surface area contributed by atoms with Crippen molar-refractivity contribution in [3.63, 3.8) is 0 Å². The van der Waals surface area contributed by atoms with Crippen molar-refractivity contribution in [2.24, 2.45) is 9.98 Å². The number of benzene rings is 8. The molecule has 0 bridgehead atoms. The molecule has 8 aromatic carbocycles. The Morgan fingerprint density at radius 2 is 1.09 bits per heavy atom. The molecule has 268 valence electrons. The third kappa shape index (κ3) is 5.08. The minimum atomic E-state index is -0.299. The first-order valence-corrected chi connectivity index (χ1v) is 20.0. The Balaban J connectivity index is 0.999. The summed E-state index contributed by atoms with van der Waals surface area (Å²) in [6.07, 6.45) is -0.299. The molecule has 1 unspecified atom stereocenters. The van der Waals surface area contributed by atoms with Gasteiger partial charge < -0.3 is 14.3 Å². The molecule has 1 aliphatic rings. The van der Waals surface area contributed by atoms with Crippen LogP contribution in [-0.2, 0) is 0 Å². The van der Waals surface area contributed by atoms with E-state index >= 15 is 0 Å². The Morgan fingerprint density at radius 3 is 1.82 bits per heavy atom. The zero-order valence-corrected chi connectivity index (χ0v) is 31.4. The zero-order chi connectivity index (χ0) is 37.5. The van der Waals surface area contributed by atoms with E-state index in [1.807, 2.05) is 47.7 Å². The lowest BCUT2D eigenvalue weighted by molar-refractivity contribution is 0.660. The van der Waals surface area contributed by atoms with Crippen molar-refractivity contribution in [2.45, 2.75) is 6.17 Å². The number of nitrogens with one attached hydrogen (secondary N) is 1. The predicted octanol–water partition coefficient (Wildman–Crippen LogP) is 13.2. The maximum Gasteiger partial charge on any atom is 0.159 e. The predicted molar refractivity (Wildman–Crippen MR) is 238 cm³/mol. The average molecular weight is 749 g/mol. The lowest BCUT2D eigenvalue weighted by atomic mass is 10.00. The summed E-state index contributed by atoms with van der Waals surface area (Å²) in [5.74, 6) is 1.42. The average Bonchev–Trinajstić information content (AvgIpc) is 3.96. The Labute approximate surface area is 331 Å². The Kier molecular flexibility index (Phi) is 7.09. The van der Waals surface area contributed by atoms with E-state index in [2.05, 4.69) is 155 Å². The Bertz CT molecular complexity index is 3390. The van der Waals surface area contributed by atoms with Crippen molar-refractivity contribution in [2.75, 3.05) is 0 Å². The standard InChI is InChI=1S/C51H32N4OS/c1-3-13-31(14-4-1)49-52-50(32-15-5-2-6-16-32)54-51(53-49)40-22-12-21-39-38-20-11-19-35(47(38)56-48(39)40)33-25-27-45-41(29-33)42-30-34(26-28-46(42)57-45)55-43-23-9-7-17-36(43)37-18-8-10-24-44(37)55/h1-30,49H,(H,52,53,54). The Morgan fingerprint density at radius 1 is 0.491 bits per heavy atom. The molecule has 0 radical (unpaired) electrons. The van der Waals surface area contributed by atoms with Crippen LogP contribution in [0.25, 0.3) is 80.7 Å². The van der Waals surface area contributed by atoms with Crippen LogP contribution in [0.1, 0.15) is 22.9 Å². The molecule has 1 atom stereocenters. The fraction of sp³-hybridized carbons (Fsp3) is 0.0196. The normalized spacial score (nSPS) is 14.5. The fourth-order valence-corrected chi connectivity index (χ4v) is 9.68. The van der Waals surface area contributed by atoms with E-state index < -0.39 is 0 Å². The molecule has 1 N–H and O–H groups in total. The fourth-order valence-electron chi connectivity index (χ4n) is 8.62. The highest BCUT2D eigenvalue weighted by atomic mass is 32.1. The van der Waals surface area contributed by atoms with E-state index in [4.69, 9.17) is 14.4 Å². The van der Waals surface area contributed by atoms with Gasteiger partial charge in [-0.1, -0.05) is 133 Å². The van der Waals surface area contributed by atoms with Crippen LogP contribution in [0.2, 0.25) is 0 Å². The van der Waals surface area contributed by atoms with E-state index in [0.717, 1.165) is 61.3 Å². The highest BCUT2D eigenvalue weighted by molar-refractivity contribution is 7.25. The second-order valence-electron chi connectivity index (χ2n) is 14.6. The van der Waals surface area contributed by atoms with Crippen LogP contribution in [0.15, 0.2) is 196 Å². The van der Waals surface area contributed by atoms with Crippen LogP contribution < -0.4 is 5.32 Å². The largest absolute Gasteiger partial charge is 0.455 e. The molecular formula is C51H32N4OS. The van der Waals surface area contributed by atoms with E-state index in [1.165, 1.54) is 42.0 Å². The lowest BCUT2D eigenvalue weighted by Crippen LogP contribution is -2.33. The summed E-state index contributed by atoms with van der Waals surface area (Å²) in [7, 11) is 0. The van der Waals surface area contributed by atoms with Crippen molar-refractivity contribution >= 4 is 86.9 Å². The molecule has 5 nitrogen and oxygen atoms in total. The zero-order valence-electron chi connectivity index (χ0n) is 30.6. The van der Waals surface area contributed by atoms with Gasteiger partial charge >= 0.3 is 0 Å². The third-order valence-electron chi connectivity index (χ3n) is 11.3. The number of nitrogens with zero attached hydrogens (tertiary/aromatic N) is 3. The molecule has 0 spiro atoms. The molecule has 57 heavy (non-hydrogen) atoms. The molecule has 6 heteroatoms. The summed E-state index contributed by atoms with van der Waals surface area (Å²) in [6, 6.07) is 64.4. The number of rotatable bonds is 5. The molecule has 12 rings (SSSR count). The number of amidine groups is 2. The van der Waals surface area contributed by atoms with Gasteiger partial charge in [-0.3, -0.25) is 0 Å². The van der Waals surface area contributed by atoms with Crippen molar-refractivity contribution < 1.29 is 4.42 Å². The van der Waals surface area contributed by atoms with Crippen LogP contribution in [0.3, 0.4) is 0 Å². The topological polar surface area (TPSA) is 54.8 Å². The second kappa shape index (κ2) is 12.6. The Hall–Kier alpha value is -7.28. The van der Waals surface area contributed by atoms with Crippen molar-refractivity contribution in [1.29, 1.82) is 0 Å². The molecule has 0 fully saturated rings. The van der Waals surface area contributed by atoms with E-state index in [1.54, 1.807) is 0 Å². The molecule has 0 saturated carbocycles. The van der Waals surface area contributed by atoms with Crippen molar-refractivity contribution in [1.82, 2.24) is 9.88 Å². The van der Waals surface area contributed by atoms with Gasteiger partial charge in [0.15, 0.2) is 5.84 Å². The quantitative estimate of drug-likeness (QED) is 0.191. The van der Waals surface area contributed by atoms with Gasteiger partial charge in [-0.15, -0.1) is 11.3 Å². The molecule has 0 amide bonds. The third-order valence-corrected chi connectivity index (χ3v) is 12.4. The monoisotopic (exact) mass is 748 g/mol. The smallest absolute Gasteiger partial charge is 0.159 e. The first kappa shape index (κ1) is 32.0. The van der Waals surface area contributed by atoms with Crippen LogP contribution in [0, 0.1) is 0 Å². The number of aliphatic imine (C=N–C) groups is 2. The van der Waals surface area contributed by atoms with Crippen LogP contribution >= 0.6 is 11.3 Å². The van der Waals surface area contributed by atoms with Gasteiger partial charge in [0.1, 0.15) is 23.2 Å². The molecular weight excluding hydrogens is 717 g/mol. The molecule has 3 aromatic heterocycles. The molecule has 0 aliphatic carbocycles. The summed E-state index contributed by atoms with van der Waals surface area (Å²) >= 11 is 1.84. The van der Waals surface area contributed by atoms with Gasteiger partial charge in [-0.25, -0.2) is 9.98 Å². The number of hydrogen-bond donors (Lipinski definition) is 1. The summed E-state index contributed by atoms with van der Waals surface area (Å²) in [5, 5.41) is 10.8. The number of para-hydroxylation sites is 4. The van der Waals surface area contributed by atoms with Crippen molar-refractivity contribution in [3.05, 3.63) is 199 Å². The summed E-state index contributed by atoms with van der Waals surface area (Å²) < 4.78 is 11.9. The van der Waals surface area contributed by atoms with Crippen molar-refractivity contribution in [3.8, 4) is 16.8 Å². The van der Waals surface area contributed by atoms with Gasteiger partial charge in [0.25, 0.3) is 0 Å². The minimum Gasteiger partial charge on any atom is -0.455 e. The number of aromatic nitrogens is 1. The maximum atomic E-state index is 6.97. The first-order chi connectivity index (χ1) is 28.2. The molecule has 4 heterocycles. The van der Waals surface area contributed by atoms with E-state index in [0.29, 0.717) is 5.84 Å². The highest BCUT2D eigenvalue weighted by Crippen LogP contribution is 2.42. The maximum absolute atomic E-state index is 6.97. The SMILES string of the molecule is c1ccc(C2=NC(c3ccccc3)NC(c3cccc4c3oc3c(-c5ccc6sc7ccc(-n8c9ccccc9c9ccccc98)cc7c6c5)cccc34)=N2)cc1. The molecule has 11 aromatic rings. The highest BCUT2D eigenvalue weighted by Gasteiger charge is 2.24. The minimum absolute atomic E-state index is 0.299. The first-order valence-electron chi connectivity index (χ1n) is 19.2. The van der Waals surface area contributed by atoms with E-state index in [9.17, 15) is 0 Å². The van der Waals surface area contributed by atoms with Gasteiger partial charge in [0, 0.05) is 58.5 Å². The van der Waals surface area contributed by atoms with Gasteiger partial charge in [-0.05, 0) is 59.7 Å². The van der Waals surface area contributed by atoms with Gasteiger partial charge in [-0.2, -0.15) is 0 Å². The molecule has 1 aliphatic heterocycles. The van der Waals surface area contributed by atoms with Gasteiger partial charge in [0.05, 0.1) is 16.6 Å². The number of furan rings is 1. The number of fused-ring (bicyclic) bond motifs is 9. The molecule has 0 saturated heterocycles. The summed E-state index contributed by atoms with van der Waals surface area (Å²) in [4.78, 5) is 10.2. The van der Waals surface area contributed by atoms with Crippen LogP contribution in [0.4, 0.5) is 0 Å². The summed E-state index contributed by atoms with van der Waals surface area (Å²) in [5.41, 5.74) is 10.3. The second-order valence-corrected chi connectivity index (χ2v) is 15.7. The number of thiophene rings is 1. The number of hydrogen-bond acceptors (Lipinski definition) is 5. The lowest BCUT2D eigenvalue weighted by Gasteiger charge is -2.23. The van der Waals surface area contributed by atoms with Crippen LogP contribution in [0.5, 0.6) is 0 Å². The van der Waals surface area contributed by atoms with E-state index in [-0.39, 0.29) is 6.17 Å². The summed E-state index contributed by atoms with van der Waals surface area (Å²) in [6.45, 7) is 0.